The van der Waals surface area contributed by atoms with E-state index in [9.17, 15) is 0 Å². The van der Waals surface area contributed by atoms with E-state index in [-0.39, 0.29) is 19.0 Å². The standard InChI is InChI=1S/C19H24N2O.ClH/c22-16-15-20-11-13-21(14-12-20)19(17-7-3-1-4-8-17)18-9-5-2-6-10-18;/h1-10,19,22H,11-16H2;1H. The molecule has 3 rings (SSSR count). The first kappa shape index (κ1) is 18.0. The zero-order valence-electron chi connectivity index (χ0n) is 13.3. The lowest BCUT2D eigenvalue weighted by atomic mass is 9.96. The highest BCUT2D eigenvalue weighted by Crippen LogP contribution is 2.29. The number of β-amino-alcohol motifs (C(OH)–C–C–N with tert-alkyl or cyclic N) is 1. The third-order valence-electron chi connectivity index (χ3n) is 4.42. The van der Waals surface area contributed by atoms with Crippen LogP contribution in [0.4, 0.5) is 0 Å². The Morgan fingerprint density at radius 3 is 1.70 bits per heavy atom. The fraction of sp³-hybridized carbons (Fsp3) is 0.368. The summed E-state index contributed by atoms with van der Waals surface area (Å²) in [6, 6.07) is 21.8. The Morgan fingerprint density at radius 1 is 0.783 bits per heavy atom. The summed E-state index contributed by atoms with van der Waals surface area (Å²) in [5.41, 5.74) is 2.70. The van der Waals surface area contributed by atoms with Gasteiger partial charge in [-0.15, -0.1) is 12.4 Å². The second-order valence-electron chi connectivity index (χ2n) is 5.83. The van der Waals surface area contributed by atoms with Crippen LogP contribution >= 0.6 is 12.4 Å². The van der Waals surface area contributed by atoms with E-state index in [1.807, 2.05) is 0 Å². The predicted octanol–water partition coefficient (Wildman–Crippen LogP) is 2.81. The summed E-state index contributed by atoms with van der Waals surface area (Å²) in [7, 11) is 0. The molecule has 1 heterocycles. The van der Waals surface area contributed by atoms with Gasteiger partial charge in [-0.25, -0.2) is 0 Å². The molecule has 0 unspecified atom stereocenters. The van der Waals surface area contributed by atoms with Gasteiger partial charge in [-0.3, -0.25) is 9.80 Å². The number of hydrogen-bond donors (Lipinski definition) is 1. The lowest BCUT2D eigenvalue weighted by Gasteiger charge is -2.39. The molecular weight excluding hydrogens is 308 g/mol. The molecule has 1 aliphatic heterocycles. The third-order valence-corrected chi connectivity index (χ3v) is 4.42. The maximum atomic E-state index is 9.09. The Hall–Kier alpha value is -1.39. The summed E-state index contributed by atoms with van der Waals surface area (Å²) >= 11 is 0. The quantitative estimate of drug-likeness (QED) is 0.912. The minimum atomic E-state index is 0. The topological polar surface area (TPSA) is 26.7 Å². The summed E-state index contributed by atoms with van der Waals surface area (Å²) in [6.07, 6.45) is 0. The van der Waals surface area contributed by atoms with Gasteiger partial charge in [0.05, 0.1) is 12.6 Å². The van der Waals surface area contributed by atoms with E-state index in [1.54, 1.807) is 0 Å². The van der Waals surface area contributed by atoms with E-state index < -0.39 is 0 Å². The van der Waals surface area contributed by atoms with Crippen molar-refractivity contribution >= 4 is 12.4 Å². The number of aliphatic hydroxyl groups excluding tert-OH is 1. The smallest absolute Gasteiger partial charge is 0.0602 e. The minimum absolute atomic E-state index is 0. The molecule has 3 nitrogen and oxygen atoms in total. The SMILES string of the molecule is Cl.OCCN1CCN(C(c2ccccc2)c2ccccc2)CC1. The largest absolute Gasteiger partial charge is 0.395 e. The van der Waals surface area contributed by atoms with Crippen LogP contribution in [-0.2, 0) is 0 Å². The minimum Gasteiger partial charge on any atom is -0.395 e. The van der Waals surface area contributed by atoms with Crippen molar-refractivity contribution in [2.24, 2.45) is 0 Å². The normalized spacial score (nSPS) is 16.3. The van der Waals surface area contributed by atoms with Gasteiger partial charge < -0.3 is 5.11 Å². The van der Waals surface area contributed by atoms with Crippen molar-refractivity contribution in [1.82, 2.24) is 9.80 Å². The van der Waals surface area contributed by atoms with E-state index >= 15 is 0 Å². The first-order chi connectivity index (χ1) is 10.9. The average molecular weight is 333 g/mol. The van der Waals surface area contributed by atoms with Crippen molar-refractivity contribution in [3.8, 4) is 0 Å². The summed E-state index contributed by atoms with van der Waals surface area (Å²) < 4.78 is 0. The summed E-state index contributed by atoms with van der Waals surface area (Å²) in [6.45, 7) is 5.16. The number of halogens is 1. The van der Waals surface area contributed by atoms with Crippen molar-refractivity contribution in [2.75, 3.05) is 39.3 Å². The molecule has 1 N–H and O–H groups in total. The second kappa shape index (κ2) is 9.04. The Kier molecular flexibility index (Phi) is 7.06. The highest BCUT2D eigenvalue weighted by atomic mass is 35.5. The van der Waals surface area contributed by atoms with Crippen molar-refractivity contribution < 1.29 is 5.11 Å². The third kappa shape index (κ3) is 4.55. The van der Waals surface area contributed by atoms with Crippen LogP contribution in [0.5, 0.6) is 0 Å². The highest BCUT2D eigenvalue weighted by molar-refractivity contribution is 5.85. The molecule has 0 saturated carbocycles. The zero-order chi connectivity index (χ0) is 15.2. The molecule has 2 aromatic rings. The molecule has 0 bridgehead atoms. The van der Waals surface area contributed by atoms with Gasteiger partial charge >= 0.3 is 0 Å². The Morgan fingerprint density at radius 2 is 1.26 bits per heavy atom. The van der Waals surface area contributed by atoms with E-state index in [0.717, 1.165) is 32.7 Å². The predicted molar refractivity (Wildman–Crippen MR) is 97.1 cm³/mol. The first-order valence-electron chi connectivity index (χ1n) is 8.05. The summed E-state index contributed by atoms with van der Waals surface area (Å²) in [5, 5.41) is 9.09. The molecule has 23 heavy (non-hydrogen) atoms. The number of aliphatic hydroxyl groups is 1. The second-order valence-corrected chi connectivity index (χ2v) is 5.83. The molecule has 124 valence electrons. The van der Waals surface area contributed by atoms with E-state index in [2.05, 4.69) is 70.5 Å². The van der Waals surface area contributed by atoms with Crippen LogP contribution in [-0.4, -0.2) is 54.2 Å². The van der Waals surface area contributed by atoms with Gasteiger partial charge in [-0.2, -0.15) is 0 Å². The van der Waals surface area contributed by atoms with Gasteiger partial charge in [0, 0.05) is 32.7 Å². The van der Waals surface area contributed by atoms with E-state index in [0.29, 0.717) is 6.04 Å². The molecule has 0 amide bonds. The van der Waals surface area contributed by atoms with Gasteiger partial charge in [0.15, 0.2) is 0 Å². The van der Waals surface area contributed by atoms with Gasteiger partial charge in [-0.1, -0.05) is 60.7 Å². The van der Waals surface area contributed by atoms with Crippen molar-refractivity contribution in [3.63, 3.8) is 0 Å². The fourth-order valence-electron chi connectivity index (χ4n) is 3.27. The van der Waals surface area contributed by atoms with Gasteiger partial charge in [0.1, 0.15) is 0 Å². The van der Waals surface area contributed by atoms with Crippen molar-refractivity contribution in [3.05, 3.63) is 71.8 Å². The number of nitrogens with zero attached hydrogens (tertiary/aromatic N) is 2. The molecule has 1 fully saturated rings. The van der Waals surface area contributed by atoms with Crippen LogP contribution < -0.4 is 0 Å². The zero-order valence-corrected chi connectivity index (χ0v) is 14.2. The van der Waals surface area contributed by atoms with Crippen LogP contribution in [0.2, 0.25) is 0 Å². The maximum Gasteiger partial charge on any atom is 0.0602 e. The summed E-state index contributed by atoms with van der Waals surface area (Å²) in [4.78, 5) is 4.89. The number of benzene rings is 2. The molecule has 0 spiro atoms. The van der Waals surface area contributed by atoms with Crippen molar-refractivity contribution in [2.45, 2.75) is 6.04 Å². The summed E-state index contributed by atoms with van der Waals surface area (Å²) in [5.74, 6) is 0. The Balaban J connectivity index is 0.00000192. The molecule has 0 aliphatic carbocycles. The Bertz CT molecular complexity index is 517. The Labute approximate surface area is 145 Å². The van der Waals surface area contributed by atoms with Crippen LogP contribution in [0.3, 0.4) is 0 Å². The molecule has 0 atom stereocenters. The molecule has 0 aromatic heterocycles. The fourth-order valence-corrected chi connectivity index (χ4v) is 3.27. The van der Waals surface area contributed by atoms with Gasteiger partial charge in [0.25, 0.3) is 0 Å². The monoisotopic (exact) mass is 332 g/mol. The first-order valence-corrected chi connectivity index (χ1v) is 8.05. The van der Waals surface area contributed by atoms with E-state index in [4.69, 9.17) is 5.11 Å². The van der Waals surface area contributed by atoms with Crippen molar-refractivity contribution in [1.29, 1.82) is 0 Å². The number of rotatable bonds is 5. The molecule has 1 saturated heterocycles. The van der Waals surface area contributed by atoms with Crippen LogP contribution in [0.25, 0.3) is 0 Å². The molecule has 0 radical (unpaired) electrons. The molecule has 2 aromatic carbocycles. The van der Waals surface area contributed by atoms with Gasteiger partial charge in [0.2, 0.25) is 0 Å². The number of hydrogen-bond acceptors (Lipinski definition) is 3. The van der Waals surface area contributed by atoms with Crippen LogP contribution in [0, 0.1) is 0 Å². The number of piperazine rings is 1. The van der Waals surface area contributed by atoms with Crippen LogP contribution in [0.1, 0.15) is 17.2 Å². The van der Waals surface area contributed by atoms with E-state index in [1.165, 1.54) is 11.1 Å². The lowest BCUT2D eigenvalue weighted by molar-refractivity contribution is 0.0945. The molecule has 1 aliphatic rings. The highest BCUT2D eigenvalue weighted by Gasteiger charge is 2.25. The van der Waals surface area contributed by atoms with Crippen LogP contribution in [0.15, 0.2) is 60.7 Å². The maximum absolute atomic E-state index is 9.09. The lowest BCUT2D eigenvalue weighted by Crippen LogP contribution is -2.48. The average Bonchev–Trinajstić information content (AvgIpc) is 2.59. The molecule has 4 heteroatoms. The van der Waals surface area contributed by atoms with Gasteiger partial charge in [-0.05, 0) is 11.1 Å². The molecular formula is C19H25ClN2O.